The summed E-state index contributed by atoms with van der Waals surface area (Å²) in [6.45, 7) is 3.93. The molecule has 0 aliphatic heterocycles. The van der Waals surface area contributed by atoms with Crippen molar-refractivity contribution in [3.63, 3.8) is 0 Å². The SMILES string of the molecule is CCc1cc(C(=O)O)cc(CC)n1. The maximum atomic E-state index is 10.7. The molecule has 13 heavy (non-hydrogen) atoms. The van der Waals surface area contributed by atoms with E-state index in [0.717, 1.165) is 24.2 Å². The van der Waals surface area contributed by atoms with E-state index in [1.54, 1.807) is 12.1 Å². The van der Waals surface area contributed by atoms with Crippen LogP contribution in [0.3, 0.4) is 0 Å². The minimum absolute atomic E-state index is 0.337. The average molecular weight is 179 g/mol. The molecule has 0 aliphatic rings. The molecule has 0 amide bonds. The Morgan fingerprint density at radius 3 is 2.08 bits per heavy atom. The highest BCUT2D eigenvalue weighted by Gasteiger charge is 2.06. The number of carboxylic acids is 1. The van der Waals surface area contributed by atoms with Gasteiger partial charge in [-0.25, -0.2) is 4.79 Å². The third kappa shape index (κ3) is 2.28. The third-order valence-electron chi connectivity index (χ3n) is 1.90. The molecule has 1 aromatic rings. The van der Waals surface area contributed by atoms with Gasteiger partial charge in [0.2, 0.25) is 0 Å². The Bertz CT molecular complexity index is 298. The number of aromatic nitrogens is 1. The molecule has 0 saturated carbocycles. The first kappa shape index (κ1) is 9.71. The Morgan fingerprint density at radius 1 is 1.31 bits per heavy atom. The molecular weight excluding hydrogens is 166 g/mol. The van der Waals surface area contributed by atoms with Crippen LogP contribution in [0.1, 0.15) is 35.6 Å². The lowest BCUT2D eigenvalue weighted by Gasteiger charge is -2.02. The van der Waals surface area contributed by atoms with Crippen LogP contribution in [0.15, 0.2) is 12.1 Å². The first-order chi connectivity index (χ1) is 6.17. The molecular formula is C10H13NO2. The Hall–Kier alpha value is -1.38. The van der Waals surface area contributed by atoms with Gasteiger partial charge in [-0.1, -0.05) is 13.8 Å². The summed E-state index contributed by atoms with van der Waals surface area (Å²) in [6, 6.07) is 3.25. The molecule has 0 spiro atoms. The quantitative estimate of drug-likeness (QED) is 0.771. The average Bonchev–Trinajstić information content (AvgIpc) is 2.16. The van der Waals surface area contributed by atoms with Crippen molar-refractivity contribution in [1.82, 2.24) is 4.98 Å². The monoisotopic (exact) mass is 179 g/mol. The van der Waals surface area contributed by atoms with E-state index in [4.69, 9.17) is 5.11 Å². The number of carboxylic acid groups (broad SMARTS) is 1. The number of rotatable bonds is 3. The lowest BCUT2D eigenvalue weighted by atomic mass is 10.1. The van der Waals surface area contributed by atoms with Gasteiger partial charge in [-0.3, -0.25) is 4.98 Å². The van der Waals surface area contributed by atoms with Gasteiger partial charge in [-0.05, 0) is 25.0 Å². The van der Waals surface area contributed by atoms with E-state index in [1.807, 2.05) is 13.8 Å². The largest absolute Gasteiger partial charge is 0.478 e. The van der Waals surface area contributed by atoms with Crippen LogP contribution >= 0.6 is 0 Å². The van der Waals surface area contributed by atoms with Crippen LogP contribution in [0.25, 0.3) is 0 Å². The van der Waals surface area contributed by atoms with E-state index in [-0.39, 0.29) is 0 Å². The summed E-state index contributed by atoms with van der Waals surface area (Å²) in [5, 5.41) is 8.80. The van der Waals surface area contributed by atoms with Crippen molar-refractivity contribution in [3.8, 4) is 0 Å². The van der Waals surface area contributed by atoms with E-state index < -0.39 is 5.97 Å². The topological polar surface area (TPSA) is 50.2 Å². The normalized spacial score (nSPS) is 10.0. The maximum Gasteiger partial charge on any atom is 0.335 e. The van der Waals surface area contributed by atoms with E-state index in [1.165, 1.54) is 0 Å². The molecule has 0 aromatic carbocycles. The Balaban J connectivity index is 3.14. The van der Waals surface area contributed by atoms with Gasteiger partial charge in [0.1, 0.15) is 0 Å². The molecule has 0 aliphatic carbocycles. The van der Waals surface area contributed by atoms with Gasteiger partial charge in [0.15, 0.2) is 0 Å². The molecule has 3 heteroatoms. The van der Waals surface area contributed by atoms with Crippen molar-refractivity contribution < 1.29 is 9.90 Å². The summed E-state index contributed by atoms with van der Waals surface area (Å²) < 4.78 is 0. The molecule has 1 heterocycles. The second-order valence-electron chi connectivity index (χ2n) is 2.85. The maximum absolute atomic E-state index is 10.7. The van der Waals surface area contributed by atoms with E-state index in [0.29, 0.717) is 5.56 Å². The lowest BCUT2D eigenvalue weighted by Crippen LogP contribution is -2.02. The fourth-order valence-electron chi connectivity index (χ4n) is 1.14. The molecule has 0 radical (unpaired) electrons. The number of carbonyl (C=O) groups is 1. The van der Waals surface area contributed by atoms with Crippen LogP contribution < -0.4 is 0 Å². The van der Waals surface area contributed by atoms with Crippen molar-refractivity contribution in [1.29, 1.82) is 0 Å². The van der Waals surface area contributed by atoms with Crippen molar-refractivity contribution in [2.45, 2.75) is 26.7 Å². The first-order valence-electron chi connectivity index (χ1n) is 4.40. The Kier molecular flexibility index (Phi) is 3.01. The smallest absolute Gasteiger partial charge is 0.335 e. The zero-order chi connectivity index (χ0) is 9.84. The number of hydrogen-bond donors (Lipinski definition) is 1. The van der Waals surface area contributed by atoms with Gasteiger partial charge in [0.25, 0.3) is 0 Å². The summed E-state index contributed by atoms with van der Waals surface area (Å²) in [7, 11) is 0. The van der Waals surface area contributed by atoms with Gasteiger partial charge < -0.3 is 5.11 Å². The molecule has 1 rings (SSSR count). The molecule has 70 valence electrons. The number of aryl methyl sites for hydroxylation is 2. The number of nitrogens with zero attached hydrogens (tertiary/aromatic N) is 1. The second-order valence-corrected chi connectivity index (χ2v) is 2.85. The Morgan fingerprint density at radius 2 is 1.77 bits per heavy atom. The Labute approximate surface area is 77.4 Å². The molecule has 0 atom stereocenters. The molecule has 0 fully saturated rings. The summed E-state index contributed by atoms with van der Waals surface area (Å²) in [4.78, 5) is 15.0. The van der Waals surface area contributed by atoms with Crippen LogP contribution in [0.4, 0.5) is 0 Å². The highest BCUT2D eigenvalue weighted by Crippen LogP contribution is 2.07. The lowest BCUT2D eigenvalue weighted by molar-refractivity contribution is 0.0696. The molecule has 0 unspecified atom stereocenters. The highest BCUT2D eigenvalue weighted by molar-refractivity contribution is 5.87. The van der Waals surface area contributed by atoms with Crippen molar-refractivity contribution in [3.05, 3.63) is 29.1 Å². The predicted molar refractivity (Wildman–Crippen MR) is 50.0 cm³/mol. The molecule has 1 aromatic heterocycles. The zero-order valence-corrected chi connectivity index (χ0v) is 7.87. The van der Waals surface area contributed by atoms with Crippen LogP contribution in [0, 0.1) is 0 Å². The van der Waals surface area contributed by atoms with Gasteiger partial charge in [-0.15, -0.1) is 0 Å². The summed E-state index contributed by atoms with van der Waals surface area (Å²) >= 11 is 0. The van der Waals surface area contributed by atoms with Crippen LogP contribution in [0.5, 0.6) is 0 Å². The third-order valence-corrected chi connectivity index (χ3v) is 1.90. The van der Waals surface area contributed by atoms with Gasteiger partial charge >= 0.3 is 5.97 Å². The minimum atomic E-state index is -0.883. The van der Waals surface area contributed by atoms with Crippen molar-refractivity contribution in [2.75, 3.05) is 0 Å². The van der Waals surface area contributed by atoms with Crippen LogP contribution in [-0.4, -0.2) is 16.1 Å². The molecule has 0 saturated heterocycles. The van der Waals surface area contributed by atoms with E-state index in [2.05, 4.69) is 4.98 Å². The fourth-order valence-corrected chi connectivity index (χ4v) is 1.14. The van der Waals surface area contributed by atoms with Gasteiger partial charge in [0, 0.05) is 11.4 Å². The highest BCUT2D eigenvalue weighted by atomic mass is 16.4. The summed E-state index contributed by atoms with van der Waals surface area (Å²) in [6.07, 6.45) is 1.54. The fraction of sp³-hybridized carbons (Fsp3) is 0.400. The number of aromatic carboxylic acids is 1. The molecule has 3 nitrogen and oxygen atoms in total. The number of hydrogen-bond acceptors (Lipinski definition) is 2. The summed E-state index contributed by atoms with van der Waals surface area (Å²) in [5.74, 6) is -0.883. The van der Waals surface area contributed by atoms with Gasteiger partial charge in [0.05, 0.1) is 5.56 Å². The van der Waals surface area contributed by atoms with E-state index >= 15 is 0 Å². The number of pyridine rings is 1. The second kappa shape index (κ2) is 4.03. The van der Waals surface area contributed by atoms with Crippen molar-refractivity contribution >= 4 is 5.97 Å². The predicted octanol–water partition coefficient (Wildman–Crippen LogP) is 1.90. The minimum Gasteiger partial charge on any atom is -0.478 e. The standard InChI is InChI=1S/C10H13NO2/c1-3-8-5-7(10(12)13)6-9(4-2)11-8/h5-6H,3-4H2,1-2H3,(H,12,13). The van der Waals surface area contributed by atoms with E-state index in [9.17, 15) is 4.79 Å². The van der Waals surface area contributed by atoms with Crippen LogP contribution in [0.2, 0.25) is 0 Å². The van der Waals surface area contributed by atoms with Gasteiger partial charge in [-0.2, -0.15) is 0 Å². The zero-order valence-electron chi connectivity index (χ0n) is 7.87. The molecule has 1 N–H and O–H groups in total. The first-order valence-corrected chi connectivity index (χ1v) is 4.40. The summed E-state index contributed by atoms with van der Waals surface area (Å²) in [5.41, 5.74) is 2.03. The van der Waals surface area contributed by atoms with Crippen LogP contribution in [-0.2, 0) is 12.8 Å². The molecule has 0 bridgehead atoms. The van der Waals surface area contributed by atoms with Crippen molar-refractivity contribution in [2.24, 2.45) is 0 Å².